The molecule has 2 N–H and O–H groups in total. The van der Waals surface area contributed by atoms with Gasteiger partial charge in [-0.15, -0.1) is 0 Å². The van der Waals surface area contributed by atoms with Crippen LogP contribution in [0.2, 0.25) is 0 Å². The second-order valence-corrected chi connectivity index (χ2v) is 7.42. The van der Waals surface area contributed by atoms with Gasteiger partial charge in [0.2, 0.25) is 10.0 Å². The molecule has 0 radical (unpaired) electrons. The Morgan fingerprint density at radius 2 is 1.85 bits per heavy atom. The monoisotopic (exact) mass is 314 g/mol. The van der Waals surface area contributed by atoms with E-state index in [0.717, 1.165) is 5.56 Å². The second-order valence-electron chi connectivity index (χ2n) is 4.74. The predicted molar refractivity (Wildman–Crippen MR) is 83.5 cm³/mol. The van der Waals surface area contributed by atoms with Crippen molar-refractivity contribution >= 4 is 32.9 Å². The van der Waals surface area contributed by atoms with Crippen LogP contribution in [-0.4, -0.2) is 38.9 Å². The molecular formula is C13H18N2O3S2. The first-order valence-corrected chi connectivity index (χ1v) is 8.29. The van der Waals surface area contributed by atoms with Crippen LogP contribution in [0.4, 0.5) is 5.69 Å². The van der Waals surface area contributed by atoms with Crippen molar-refractivity contribution in [2.45, 2.75) is 18.1 Å². The Kier molecular flexibility index (Phi) is 4.62. The maximum atomic E-state index is 12.5. The Labute approximate surface area is 124 Å². The average molecular weight is 314 g/mol. The number of hydrogen-bond donors (Lipinski definition) is 1. The minimum atomic E-state index is -3.36. The number of nitrogens with two attached hydrogens (primary N) is 1. The maximum Gasteiger partial charge on any atom is 0.237 e. The number of thiocarbonyl (C=S) groups is 1. The van der Waals surface area contributed by atoms with Gasteiger partial charge in [0.1, 0.15) is 4.99 Å². The van der Waals surface area contributed by atoms with Gasteiger partial charge in [0.05, 0.1) is 10.9 Å². The van der Waals surface area contributed by atoms with Crippen LogP contribution in [0.25, 0.3) is 0 Å². The van der Waals surface area contributed by atoms with Gasteiger partial charge < -0.3 is 10.5 Å². The Balaban J connectivity index is 2.20. The van der Waals surface area contributed by atoms with Crippen molar-refractivity contribution in [1.82, 2.24) is 0 Å². The molecule has 0 aliphatic carbocycles. The molecule has 1 fully saturated rings. The molecule has 7 heteroatoms. The fourth-order valence-electron chi connectivity index (χ4n) is 2.18. The topological polar surface area (TPSA) is 72.6 Å². The van der Waals surface area contributed by atoms with Gasteiger partial charge in [-0.3, -0.25) is 4.31 Å². The highest BCUT2D eigenvalue weighted by molar-refractivity contribution is 7.93. The summed E-state index contributed by atoms with van der Waals surface area (Å²) in [6.07, 6.45) is 1.08. The number of anilines is 1. The van der Waals surface area contributed by atoms with Crippen molar-refractivity contribution in [1.29, 1.82) is 0 Å². The van der Waals surface area contributed by atoms with Crippen LogP contribution in [0, 0.1) is 0 Å². The Morgan fingerprint density at radius 1 is 1.30 bits per heavy atom. The summed E-state index contributed by atoms with van der Waals surface area (Å²) in [6, 6.07) is 6.89. The summed E-state index contributed by atoms with van der Waals surface area (Å²) >= 11 is 4.88. The SMILES string of the molecule is CN(c1ccc(C(N)=S)cc1)S(=O)(=O)C1CCOCC1. The Bertz CT molecular complexity index is 578. The summed E-state index contributed by atoms with van der Waals surface area (Å²) in [5.74, 6) is 0. The summed E-state index contributed by atoms with van der Waals surface area (Å²) in [5, 5.41) is -0.378. The largest absolute Gasteiger partial charge is 0.389 e. The van der Waals surface area contributed by atoms with Crippen LogP contribution in [-0.2, 0) is 14.8 Å². The molecule has 0 bridgehead atoms. The first kappa shape index (κ1) is 15.2. The third-order valence-electron chi connectivity index (χ3n) is 3.49. The zero-order chi connectivity index (χ0) is 14.8. The molecular weight excluding hydrogens is 296 g/mol. The maximum absolute atomic E-state index is 12.5. The van der Waals surface area contributed by atoms with Crippen molar-refractivity contribution in [3.8, 4) is 0 Å². The molecule has 0 spiro atoms. The van der Waals surface area contributed by atoms with Crippen LogP contribution >= 0.6 is 12.2 Å². The number of ether oxygens (including phenoxy) is 1. The quantitative estimate of drug-likeness (QED) is 0.847. The van der Waals surface area contributed by atoms with E-state index >= 15 is 0 Å². The molecule has 0 atom stereocenters. The smallest absolute Gasteiger partial charge is 0.237 e. The molecule has 0 aromatic heterocycles. The predicted octanol–water partition coefficient (Wildman–Crippen LogP) is 1.27. The lowest BCUT2D eigenvalue weighted by Crippen LogP contribution is -2.39. The van der Waals surface area contributed by atoms with Crippen LogP contribution in [0.1, 0.15) is 18.4 Å². The van der Waals surface area contributed by atoms with E-state index in [-0.39, 0.29) is 5.25 Å². The lowest BCUT2D eigenvalue weighted by Gasteiger charge is -2.28. The van der Waals surface area contributed by atoms with Crippen LogP contribution in [0.3, 0.4) is 0 Å². The first-order chi connectivity index (χ1) is 9.43. The molecule has 0 amide bonds. The summed E-state index contributed by atoms with van der Waals surface area (Å²) in [7, 11) is -1.79. The molecule has 2 rings (SSSR count). The summed E-state index contributed by atoms with van der Waals surface area (Å²) in [4.78, 5) is 0.298. The fourth-order valence-corrected chi connectivity index (χ4v) is 3.97. The standard InChI is InChI=1S/C13H18N2O3S2/c1-15(11-4-2-10(3-5-11)13(14)19)20(16,17)12-6-8-18-9-7-12/h2-5,12H,6-9H2,1H3,(H2,14,19). The van der Waals surface area contributed by atoms with E-state index < -0.39 is 10.0 Å². The van der Waals surface area contributed by atoms with Crippen molar-refractivity contribution in [3.63, 3.8) is 0 Å². The third kappa shape index (κ3) is 3.11. The lowest BCUT2D eigenvalue weighted by atomic mass is 10.2. The molecule has 1 saturated heterocycles. The summed E-state index contributed by atoms with van der Waals surface area (Å²) in [5.41, 5.74) is 6.86. The molecule has 0 unspecified atom stereocenters. The lowest BCUT2D eigenvalue weighted by molar-refractivity contribution is 0.0983. The number of benzene rings is 1. The Hall–Kier alpha value is -1.18. The van der Waals surface area contributed by atoms with E-state index in [2.05, 4.69) is 0 Å². The van der Waals surface area contributed by atoms with Gasteiger partial charge in [0.15, 0.2) is 0 Å². The number of sulfonamides is 1. The average Bonchev–Trinajstić information content (AvgIpc) is 2.47. The molecule has 1 heterocycles. The van der Waals surface area contributed by atoms with Crippen molar-refractivity contribution in [3.05, 3.63) is 29.8 Å². The third-order valence-corrected chi connectivity index (χ3v) is 6.01. The number of rotatable bonds is 4. The first-order valence-electron chi connectivity index (χ1n) is 6.38. The highest BCUT2D eigenvalue weighted by Crippen LogP contribution is 2.24. The Morgan fingerprint density at radius 3 is 2.35 bits per heavy atom. The van der Waals surface area contributed by atoms with Gasteiger partial charge in [-0.05, 0) is 37.1 Å². The molecule has 5 nitrogen and oxygen atoms in total. The van der Waals surface area contributed by atoms with Gasteiger partial charge in [0.25, 0.3) is 0 Å². The molecule has 1 aromatic rings. The van der Waals surface area contributed by atoms with Gasteiger partial charge >= 0.3 is 0 Å². The molecule has 110 valence electrons. The molecule has 1 aliphatic heterocycles. The molecule has 20 heavy (non-hydrogen) atoms. The van der Waals surface area contributed by atoms with Gasteiger partial charge in [-0.25, -0.2) is 8.42 Å². The molecule has 1 aliphatic rings. The van der Waals surface area contributed by atoms with E-state index in [9.17, 15) is 8.42 Å². The van der Waals surface area contributed by atoms with E-state index in [1.54, 1.807) is 31.3 Å². The number of nitrogens with zero attached hydrogens (tertiary/aromatic N) is 1. The zero-order valence-corrected chi connectivity index (χ0v) is 12.9. The minimum Gasteiger partial charge on any atom is -0.389 e. The van der Waals surface area contributed by atoms with Crippen LogP contribution < -0.4 is 10.0 Å². The van der Waals surface area contributed by atoms with Gasteiger partial charge in [-0.1, -0.05) is 12.2 Å². The van der Waals surface area contributed by atoms with E-state index in [4.69, 9.17) is 22.7 Å². The van der Waals surface area contributed by atoms with Crippen molar-refractivity contribution < 1.29 is 13.2 Å². The van der Waals surface area contributed by atoms with Gasteiger partial charge in [0, 0.05) is 25.8 Å². The summed E-state index contributed by atoms with van der Waals surface area (Å²) < 4.78 is 31.6. The molecule has 0 saturated carbocycles. The van der Waals surface area contributed by atoms with E-state index in [1.807, 2.05) is 0 Å². The zero-order valence-electron chi connectivity index (χ0n) is 11.3. The van der Waals surface area contributed by atoms with Crippen molar-refractivity contribution in [2.24, 2.45) is 5.73 Å². The highest BCUT2D eigenvalue weighted by atomic mass is 32.2. The van der Waals surface area contributed by atoms with Crippen molar-refractivity contribution in [2.75, 3.05) is 24.6 Å². The summed E-state index contributed by atoms with van der Waals surface area (Å²) in [6.45, 7) is 0.996. The van der Waals surface area contributed by atoms with Gasteiger partial charge in [-0.2, -0.15) is 0 Å². The highest BCUT2D eigenvalue weighted by Gasteiger charge is 2.31. The second kappa shape index (κ2) is 6.07. The fraction of sp³-hybridized carbons (Fsp3) is 0.462. The van der Waals surface area contributed by atoms with Crippen LogP contribution in [0.5, 0.6) is 0 Å². The van der Waals surface area contributed by atoms with E-state index in [1.165, 1.54) is 4.31 Å². The molecule has 1 aromatic carbocycles. The minimum absolute atomic E-state index is 0.298. The normalized spacial score (nSPS) is 16.9. The van der Waals surface area contributed by atoms with Crippen LogP contribution in [0.15, 0.2) is 24.3 Å². The number of hydrogen-bond acceptors (Lipinski definition) is 4. The van der Waals surface area contributed by atoms with E-state index in [0.29, 0.717) is 36.7 Å².